The van der Waals surface area contributed by atoms with Gasteiger partial charge in [-0.05, 0) is 47.4 Å². The number of ether oxygens (including phenoxy) is 1. The highest BCUT2D eigenvalue weighted by Gasteiger charge is 2.63. The minimum absolute atomic E-state index is 0.0179. The summed E-state index contributed by atoms with van der Waals surface area (Å²) in [6, 6.07) is 17.4. The number of carboxylic acids is 1. The number of benzene rings is 2. The predicted molar refractivity (Wildman–Crippen MR) is 140 cm³/mol. The number of carbonyl (C=O) groups is 2. The van der Waals surface area contributed by atoms with Gasteiger partial charge in [0.05, 0.1) is 19.6 Å². The van der Waals surface area contributed by atoms with Gasteiger partial charge in [-0.25, -0.2) is 8.42 Å². The number of rotatable bonds is 8. The summed E-state index contributed by atoms with van der Waals surface area (Å²) in [5, 5.41) is 10.6. The second kappa shape index (κ2) is 10.2. The average molecular weight is 561 g/mol. The first-order valence-corrected chi connectivity index (χ1v) is 14.4. The van der Waals surface area contributed by atoms with Gasteiger partial charge in [0.2, 0.25) is 5.91 Å². The van der Waals surface area contributed by atoms with E-state index < -0.39 is 27.4 Å². The van der Waals surface area contributed by atoms with Gasteiger partial charge >= 0.3 is 5.97 Å². The molecule has 8 nitrogen and oxygen atoms in total. The molecule has 2 aromatic carbocycles. The Kier molecular flexibility index (Phi) is 7.12. The van der Waals surface area contributed by atoms with Crippen molar-refractivity contribution in [2.45, 2.75) is 28.5 Å². The quantitative estimate of drug-likeness (QED) is 0.434. The smallest absolute Gasteiger partial charge is 0.325 e. The first kappa shape index (κ1) is 25.9. The molecule has 0 spiro atoms. The Balaban J connectivity index is 1.32. The Morgan fingerprint density at radius 1 is 1.11 bits per heavy atom. The second-order valence-corrected chi connectivity index (χ2v) is 12.6. The van der Waals surface area contributed by atoms with E-state index in [1.807, 2.05) is 6.07 Å². The molecule has 1 aliphatic heterocycles. The molecule has 2 fully saturated rings. The minimum atomic E-state index is -4.09. The molecule has 37 heavy (non-hydrogen) atoms. The van der Waals surface area contributed by atoms with Crippen molar-refractivity contribution in [3.63, 3.8) is 0 Å². The lowest BCUT2D eigenvalue weighted by molar-refractivity contribution is -0.140. The van der Waals surface area contributed by atoms with Crippen LogP contribution in [0, 0.1) is 0 Å². The topological polar surface area (TPSA) is 113 Å². The summed E-state index contributed by atoms with van der Waals surface area (Å²) in [5.74, 6) is -1.80. The minimum Gasteiger partial charge on any atom is -0.480 e. The van der Waals surface area contributed by atoms with Crippen LogP contribution in [0.15, 0.2) is 64.9 Å². The highest BCUT2D eigenvalue weighted by molar-refractivity contribution is 7.91. The van der Waals surface area contributed by atoms with E-state index >= 15 is 0 Å². The first-order valence-electron chi connectivity index (χ1n) is 11.8. The number of morpholine rings is 1. The summed E-state index contributed by atoms with van der Waals surface area (Å²) in [6.45, 7) is 2.13. The van der Waals surface area contributed by atoms with Gasteiger partial charge < -0.3 is 14.7 Å². The Labute approximate surface area is 223 Å². The number of nitrogens with one attached hydrogen (secondary N) is 1. The molecule has 2 unspecified atom stereocenters. The van der Waals surface area contributed by atoms with Gasteiger partial charge in [0.1, 0.15) is 9.75 Å². The Morgan fingerprint density at radius 2 is 1.84 bits per heavy atom. The molecule has 2 heterocycles. The molecular weight excluding hydrogens is 536 g/mol. The van der Waals surface area contributed by atoms with E-state index in [2.05, 4.69) is 4.72 Å². The SMILES string of the molecule is O=C(Cc1cccc(C2CC2(NS(=O)(=O)c2ccc(-c3ccc(Cl)cc3)s2)C(=O)O)c1)N1CCOCC1. The summed E-state index contributed by atoms with van der Waals surface area (Å²) in [5.41, 5.74) is 0.617. The van der Waals surface area contributed by atoms with E-state index in [4.69, 9.17) is 16.3 Å². The van der Waals surface area contributed by atoms with E-state index in [1.165, 1.54) is 6.07 Å². The number of aliphatic carboxylic acids is 1. The fourth-order valence-electron chi connectivity index (χ4n) is 4.60. The van der Waals surface area contributed by atoms with Crippen LogP contribution in [0.25, 0.3) is 10.4 Å². The molecule has 2 N–H and O–H groups in total. The number of carbonyl (C=O) groups excluding carboxylic acids is 1. The number of amides is 1. The zero-order valence-electron chi connectivity index (χ0n) is 19.7. The maximum Gasteiger partial charge on any atom is 0.325 e. The highest BCUT2D eigenvalue weighted by atomic mass is 35.5. The van der Waals surface area contributed by atoms with Crippen LogP contribution < -0.4 is 4.72 Å². The van der Waals surface area contributed by atoms with Crippen LogP contribution in [-0.4, -0.2) is 62.1 Å². The number of thiophene rings is 1. The molecule has 1 saturated carbocycles. The molecule has 0 radical (unpaired) electrons. The summed E-state index contributed by atoms with van der Waals surface area (Å²) in [4.78, 5) is 27.4. The fourth-order valence-corrected chi connectivity index (χ4v) is 7.44. The highest BCUT2D eigenvalue weighted by Crippen LogP contribution is 2.52. The van der Waals surface area contributed by atoms with Crippen molar-refractivity contribution in [3.8, 4) is 10.4 Å². The number of hydrogen-bond donors (Lipinski definition) is 2. The van der Waals surface area contributed by atoms with Crippen LogP contribution in [0.5, 0.6) is 0 Å². The third-order valence-electron chi connectivity index (χ3n) is 6.71. The van der Waals surface area contributed by atoms with E-state index in [0.717, 1.165) is 27.3 Å². The maximum absolute atomic E-state index is 13.2. The zero-order valence-corrected chi connectivity index (χ0v) is 22.1. The van der Waals surface area contributed by atoms with Crippen molar-refractivity contribution in [1.82, 2.24) is 9.62 Å². The molecule has 2 atom stereocenters. The Hall–Kier alpha value is -2.76. The van der Waals surface area contributed by atoms with Crippen LogP contribution >= 0.6 is 22.9 Å². The maximum atomic E-state index is 13.2. The van der Waals surface area contributed by atoms with Crippen molar-refractivity contribution in [1.29, 1.82) is 0 Å². The molecule has 5 rings (SSSR count). The van der Waals surface area contributed by atoms with Crippen molar-refractivity contribution < 1.29 is 27.9 Å². The van der Waals surface area contributed by atoms with Gasteiger partial charge in [-0.2, -0.15) is 4.72 Å². The molecule has 3 aromatic rings. The van der Waals surface area contributed by atoms with Gasteiger partial charge in [-0.3, -0.25) is 9.59 Å². The molecule has 1 aliphatic carbocycles. The molecule has 1 saturated heterocycles. The number of halogens is 1. The van der Waals surface area contributed by atoms with Crippen molar-refractivity contribution >= 4 is 44.8 Å². The standard InChI is InChI=1S/C26H25ClN2O6S2/c27-20-6-4-18(5-7-20)22-8-9-24(36-22)37(33,34)28-26(25(31)32)16-21(26)19-3-1-2-17(14-19)15-23(30)29-10-12-35-13-11-29/h1-9,14,21,28H,10-13,15-16H2,(H,31,32). The van der Waals surface area contributed by atoms with Crippen LogP contribution in [0.2, 0.25) is 5.02 Å². The third kappa shape index (κ3) is 5.44. The summed E-state index contributed by atoms with van der Waals surface area (Å²) in [7, 11) is -4.09. The molecule has 0 bridgehead atoms. The number of sulfonamides is 1. The normalized spacial score (nSPS) is 21.5. The number of hydrogen-bond acceptors (Lipinski definition) is 6. The second-order valence-electron chi connectivity index (χ2n) is 9.18. The lowest BCUT2D eigenvalue weighted by Crippen LogP contribution is -2.44. The fraction of sp³-hybridized carbons (Fsp3) is 0.308. The van der Waals surface area contributed by atoms with E-state index in [0.29, 0.717) is 36.9 Å². The summed E-state index contributed by atoms with van der Waals surface area (Å²) in [6.07, 6.45) is 0.312. The summed E-state index contributed by atoms with van der Waals surface area (Å²) < 4.78 is 34.2. The van der Waals surface area contributed by atoms with Crippen molar-refractivity contribution in [2.75, 3.05) is 26.3 Å². The lowest BCUT2D eigenvalue weighted by atomic mass is 10.0. The van der Waals surface area contributed by atoms with Gasteiger partial charge in [-0.1, -0.05) is 48.0 Å². The molecule has 11 heteroatoms. The number of carboxylic acid groups (broad SMARTS) is 1. The first-order chi connectivity index (χ1) is 17.7. The predicted octanol–water partition coefficient (Wildman–Crippen LogP) is 3.76. The monoisotopic (exact) mass is 560 g/mol. The lowest BCUT2D eigenvalue weighted by Gasteiger charge is -2.27. The van der Waals surface area contributed by atoms with E-state index in [-0.39, 0.29) is 23.0 Å². The van der Waals surface area contributed by atoms with Crippen LogP contribution in [0.3, 0.4) is 0 Å². The van der Waals surface area contributed by atoms with E-state index in [1.54, 1.807) is 53.4 Å². The molecule has 1 aromatic heterocycles. The van der Waals surface area contributed by atoms with Gasteiger partial charge in [0.15, 0.2) is 0 Å². The van der Waals surface area contributed by atoms with Crippen LogP contribution in [0.1, 0.15) is 23.5 Å². The Bertz CT molecular complexity index is 1430. The van der Waals surface area contributed by atoms with Gasteiger partial charge in [0, 0.05) is 28.9 Å². The summed E-state index contributed by atoms with van der Waals surface area (Å²) >= 11 is 7.00. The zero-order chi connectivity index (χ0) is 26.2. The average Bonchev–Trinajstić information content (AvgIpc) is 3.38. The van der Waals surface area contributed by atoms with Crippen LogP contribution in [0.4, 0.5) is 0 Å². The molecule has 2 aliphatic rings. The molecule has 1 amide bonds. The van der Waals surface area contributed by atoms with Crippen molar-refractivity contribution in [2.24, 2.45) is 0 Å². The largest absolute Gasteiger partial charge is 0.480 e. The van der Waals surface area contributed by atoms with E-state index in [9.17, 15) is 23.1 Å². The molecular formula is C26H25ClN2O6S2. The van der Waals surface area contributed by atoms with Gasteiger partial charge in [0.25, 0.3) is 10.0 Å². The Morgan fingerprint density at radius 3 is 2.54 bits per heavy atom. The third-order valence-corrected chi connectivity index (χ3v) is 10.1. The number of nitrogens with zero attached hydrogens (tertiary/aromatic N) is 1. The van der Waals surface area contributed by atoms with Crippen molar-refractivity contribution in [3.05, 3.63) is 76.8 Å². The molecule has 194 valence electrons. The van der Waals surface area contributed by atoms with Gasteiger partial charge in [-0.15, -0.1) is 11.3 Å². The van der Waals surface area contributed by atoms with Crippen LogP contribution in [-0.2, 0) is 30.8 Å².